The van der Waals surface area contributed by atoms with Crippen LogP contribution in [0.15, 0.2) is 24.3 Å². The summed E-state index contributed by atoms with van der Waals surface area (Å²) in [6.07, 6.45) is -3.19. The predicted octanol–water partition coefficient (Wildman–Crippen LogP) is -0.185. The summed E-state index contributed by atoms with van der Waals surface area (Å²) in [5.74, 6) is 0. The fraction of sp³-hybridized carbons (Fsp3) is 0.611. The normalized spacial score (nSPS) is 16.2. The van der Waals surface area contributed by atoms with E-state index < -0.39 is 11.7 Å². The summed E-state index contributed by atoms with van der Waals surface area (Å²) in [6, 6.07) is 5.50. The van der Waals surface area contributed by atoms with Crippen LogP contribution in [0.4, 0.5) is 13.2 Å². The van der Waals surface area contributed by atoms with E-state index >= 15 is 0 Å². The first-order chi connectivity index (χ1) is 12.3. The van der Waals surface area contributed by atoms with Crippen molar-refractivity contribution in [2.24, 2.45) is 0 Å². The monoisotopic (exact) mass is 390 g/mol. The molecule has 0 saturated carbocycles. The number of nitrogens with zero attached hydrogens (tertiary/aromatic N) is 1. The van der Waals surface area contributed by atoms with E-state index in [-0.39, 0.29) is 0 Å². The van der Waals surface area contributed by atoms with Crippen molar-refractivity contribution in [3.05, 3.63) is 35.4 Å². The van der Waals surface area contributed by atoms with Crippen molar-refractivity contribution in [2.45, 2.75) is 19.1 Å². The number of piperazine rings is 1. The van der Waals surface area contributed by atoms with E-state index in [0.29, 0.717) is 0 Å². The number of hydrogen-bond acceptors (Lipinski definition) is 1. The Morgan fingerprint density at radius 2 is 1.81 bits per heavy atom. The molecular formula is C18H29F3N4S+2. The van der Waals surface area contributed by atoms with E-state index in [1.807, 2.05) is 0 Å². The minimum atomic E-state index is -4.27. The van der Waals surface area contributed by atoms with E-state index in [2.05, 4.69) is 24.3 Å². The van der Waals surface area contributed by atoms with E-state index in [4.69, 9.17) is 12.2 Å². The van der Waals surface area contributed by atoms with Gasteiger partial charge in [0.05, 0.1) is 52.4 Å². The maximum Gasteiger partial charge on any atom is 0.416 e. The Balaban J connectivity index is 1.72. The molecule has 2 rings (SSSR count). The third-order valence-electron chi connectivity index (χ3n) is 4.62. The fourth-order valence-electron chi connectivity index (χ4n) is 3.05. The number of quaternary nitrogens is 2. The van der Waals surface area contributed by atoms with Gasteiger partial charge in [-0.1, -0.05) is 12.1 Å². The van der Waals surface area contributed by atoms with Crippen LogP contribution in [0.3, 0.4) is 0 Å². The molecule has 0 radical (unpaired) electrons. The predicted molar refractivity (Wildman–Crippen MR) is 100 cm³/mol. The summed E-state index contributed by atoms with van der Waals surface area (Å²) in [4.78, 5) is 4.99. The largest absolute Gasteiger partial charge is 0.416 e. The second-order valence-corrected chi connectivity index (χ2v) is 7.54. The molecule has 8 heteroatoms. The van der Waals surface area contributed by atoms with E-state index in [9.17, 15) is 13.2 Å². The first kappa shape index (κ1) is 20.9. The van der Waals surface area contributed by atoms with Crippen LogP contribution in [-0.2, 0) is 12.7 Å². The summed E-state index contributed by atoms with van der Waals surface area (Å²) < 4.78 is 37.9. The van der Waals surface area contributed by atoms with Crippen LogP contribution < -0.4 is 15.1 Å². The van der Waals surface area contributed by atoms with Gasteiger partial charge in [-0.25, -0.2) is 0 Å². The topological polar surface area (TPSA) is 24.2 Å². The van der Waals surface area contributed by atoms with Gasteiger partial charge in [0.1, 0.15) is 6.54 Å². The molecule has 146 valence electrons. The third-order valence-corrected chi connectivity index (χ3v) is 5.03. The molecule has 1 aliphatic heterocycles. The van der Waals surface area contributed by atoms with Gasteiger partial charge in [-0.15, -0.1) is 0 Å². The SMILES string of the molecule is C[NH+](C)CCCNC(=S)N1CC[NH+](Cc2ccc(C(F)(F)F)cc2)CC1. The number of alkyl halides is 3. The summed E-state index contributed by atoms with van der Waals surface area (Å²) >= 11 is 5.46. The minimum Gasteiger partial charge on any atom is -0.362 e. The van der Waals surface area contributed by atoms with Crippen LogP contribution in [-0.4, -0.2) is 63.4 Å². The highest BCUT2D eigenvalue weighted by Crippen LogP contribution is 2.28. The van der Waals surface area contributed by atoms with Crippen LogP contribution in [0.25, 0.3) is 0 Å². The highest BCUT2D eigenvalue weighted by molar-refractivity contribution is 7.80. The van der Waals surface area contributed by atoms with Crippen molar-refractivity contribution in [1.29, 1.82) is 0 Å². The van der Waals surface area contributed by atoms with Crippen LogP contribution >= 0.6 is 12.2 Å². The highest BCUT2D eigenvalue weighted by Gasteiger charge is 2.30. The van der Waals surface area contributed by atoms with Gasteiger partial charge in [0.2, 0.25) is 0 Å². The lowest BCUT2D eigenvalue weighted by Gasteiger charge is -2.34. The Bertz CT molecular complexity index is 567. The molecule has 1 saturated heterocycles. The second kappa shape index (κ2) is 9.53. The molecule has 26 heavy (non-hydrogen) atoms. The summed E-state index contributed by atoms with van der Waals surface area (Å²) in [5.41, 5.74) is 0.349. The number of thiocarbonyl (C=S) groups is 1. The van der Waals surface area contributed by atoms with E-state index in [1.165, 1.54) is 21.9 Å². The van der Waals surface area contributed by atoms with Crippen molar-refractivity contribution in [1.82, 2.24) is 10.2 Å². The van der Waals surface area contributed by atoms with Crippen LogP contribution in [0.2, 0.25) is 0 Å². The third kappa shape index (κ3) is 6.74. The second-order valence-electron chi connectivity index (χ2n) is 7.15. The first-order valence-corrected chi connectivity index (χ1v) is 9.48. The Morgan fingerprint density at radius 3 is 2.35 bits per heavy atom. The van der Waals surface area contributed by atoms with Crippen molar-refractivity contribution in [3.63, 3.8) is 0 Å². The van der Waals surface area contributed by atoms with Crippen LogP contribution in [0.1, 0.15) is 17.5 Å². The van der Waals surface area contributed by atoms with Crippen molar-refractivity contribution < 1.29 is 23.0 Å². The summed E-state index contributed by atoms with van der Waals surface area (Å²) in [5, 5.41) is 4.13. The molecule has 1 aromatic rings. The molecule has 0 amide bonds. The molecule has 1 fully saturated rings. The van der Waals surface area contributed by atoms with Crippen molar-refractivity contribution in [2.75, 3.05) is 53.4 Å². The number of halogens is 3. The molecule has 0 unspecified atom stereocenters. The molecule has 0 atom stereocenters. The smallest absolute Gasteiger partial charge is 0.362 e. The quantitative estimate of drug-likeness (QED) is 0.464. The average Bonchev–Trinajstić information content (AvgIpc) is 2.59. The number of benzene rings is 1. The van der Waals surface area contributed by atoms with Crippen LogP contribution in [0, 0.1) is 0 Å². The van der Waals surface area contributed by atoms with E-state index in [0.717, 1.165) is 62.9 Å². The van der Waals surface area contributed by atoms with Gasteiger partial charge in [-0.3, -0.25) is 0 Å². The standard InChI is InChI=1S/C18H27F3N4S/c1-23(2)9-3-8-22-17(26)25-12-10-24(11-13-25)14-15-4-6-16(7-5-15)18(19,20)21/h4-7H,3,8-14H2,1-2H3,(H,22,26)/p+2. The lowest BCUT2D eigenvalue weighted by molar-refractivity contribution is -0.917. The zero-order chi connectivity index (χ0) is 19.2. The first-order valence-electron chi connectivity index (χ1n) is 9.07. The molecule has 1 aromatic carbocycles. The Hall–Kier alpha value is -1.38. The Labute approximate surface area is 158 Å². The number of rotatable bonds is 6. The molecule has 0 aromatic heterocycles. The maximum absolute atomic E-state index is 12.6. The van der Waals surface area contributed by atoms with Gasteiger partial charge < -0.3 is 20.0 Å². The molecular weight excluding hydrogens is 361 g/mol. The molecule has 0 bridgehead atoms. The number of nitrogens with one attached hydrogen (secondary N) is 3. The van der Waals surface area contributed by atoms with Gasteiger partial charge >= 0.3 is 6.18 Å². The fourth-order valence-corrected chi connectivity index (χ4v) is 3.34. The summed E-state index contributed by atoms with van der Waals surface area (Å²) in [6.45, 7) is 6.37. The lowest BCUT2D eigenvalue weighted by Crippen LogP contribution is -3.13. The van der Waals surface area contributed by atoms with Gasteiger partial charge in [0, 0.05) is 18.5 Å². The van der Waals surface area contributed by atoms with Gasteiger partial charge in [0.25, 0.3) is 0 Å². The number of hydrogen-bond donors (Lipinski definition) is 3. The van der Waals surface area contributed by atoms with Crippen molar-refractivity contribution >= 4 is 17.3 Å². The Kier molecular flexibility index (Phi) is 7.67. The molecule has 4 nitrogen and oxygen atoms in total. The Morgan fingerprint density at radius 1 is 1.19 bits per heavy atom. The van der Waals surface area contributed by atoms with Gasteiger partial charge in [-0.2, -0.15) is 13.2 Å². The maximum atomic E-state index is 12.6. The average molecular weight is 391 g/mol. The minimum absolute atomic E-state index is 0.589. The molecule has 0 aliphatic carbocycles. The zero-order valence-corrected chi connectivity index (χ0v) is 16.3. The van der Waals surface area contributed by atoms with Crippen molar-refractivity contribution in [3.8, 4) is 0 Å². The van der Waals surface area contributed by atoms with E-state index in [1.54, 1.807) is 12.1 Å². The molecule has 1 heterocycles. The van der Waals surface area contributed by atoms with Crippen LogP contribution in [0.5, 0.6) is 0 Å². The highest BCUT2D eigenvalue weighted by atomic mass is 32.1. The molecule has 3 N–H and O–H groups in total. The summed E-state index contributed by atoms with van der Waals surface area (Å²) in [7, 11) is 4.27. The molecule has 1 aliphatic rings. The molecule has 0 spiro atoms. The zero-order valence-electron chi connectivity index (χ0n) is 15.5. The van der Waals surface area contributed by atoms with Gasteiger partial charge in [-0.05, 0) is 24.4 Å². The van der Waals surface area contributed by atoms with Gasteiger partial charge in [0.15, 0.2) is 5.11 Å². The lowest BCUT2D eigenvalue weighted by atomic mass is 10.1.